The molecule has 27 heavy (non-hydrogen) atoms. The van der Waals surface area contributed by atoms with Crippen LogP contribution in [0.4, 0.5) is 5.69 Å². The number of fused-ring (bicyclic) bond motifs is 1. The Morgan fingerprint density at radius 3 is 2.52 bits per heavy atom. The zero-order valence-corrected chi connectivity index (χ0v) is 15.9. The van der Waals surface area contributed by atoms with Crippen LogP contribution in [-0.4, -0.2) is 17.4 Å². The molecule has 0 unspecified atom stereocenters. The van der Waals surface area contributed by atoms with Crippen molar-refractivity contribution < 1.29 is 4.79 Å². The van der Waals surface area contributed by atoms with E-state index in [1.54, 1.807) is 11.3 Å². The minimum atomic E-state index is -0.0515. The largest absolute Gasteiger partial charge is 0.307 e. The average Bonchev–Trinajstić information content (AvgIpc) is 3.18. The van der Waals surface area contributed by atoms with Gasteiger partial charge < -0.3 is 4.90 Å². The highest BCUT2D eigenvalue weighted by Crippen LogP contribution is 2.28. The highest BCUT2D eigenvalue weighted by molar-refractivity contribution is 7.09. The fraction of sp³-hybridized carbons (Fsp3) is 0.130. The van der Waals surface area contributed by atoms with Crippen molar-refractivity contribution in [3.63, 3.8) is 0 Å². The van der Waals surface area contributed by atoms with E-state index >= 15 is 0 Å². The Kier molecular flexibility index (Phi) is 4.99. The summed E-state index contributed by atoms with van der Waals surface area (Å²) in [5.41, 5.74) is 2.64. The summed E-state index contributed by atoms with van der Waals surface area (Å²) in [5, 5.41) is 5.03. The van der Waals surface area contributed by atoms with Gasteiger partial charge in [-0.25, -0.2) is 4.98 Å². The Labute approximate surface area is 162 Å². The average molecular weight is 372 g/mol. The maximum atomic E-state index is 13.2. The molecular formula is C23H20N2OS. The van der Waals surface area contributed by atoms with Gasteiger partial charge in [-0.05, 0) is 23.9 Å². The minimum absolute atomic E-state index is 0.0515. The molecule has 0 bridgehead atoms. The highest BCUT2D eigenvalue weighted by atomic mass is 32.1. The Bertz CT molecular complexity index is 1070. The van der Waals surface area contributed by atoms with Crippen LogP contribution in [0, 0.1) is 0 Å². The monoisotopic (exact) mass is 372 g/mol. The molecule has 0 N–H and O–H groups in total. The van der Waals surface area contributed by atoms with Gasteiger partial charge in [-0.15, -0.1) is 11.3 Å². The molecular weight excluding hydrogens is 352 g/mol. The lowest BCUT2D eigenvalue weighted by Gasteiger charge is -2.22. The van der Waals surface area contributed by atoms with E-state index in [1.165, 1.54) is 5.56 Å². The first-order chi connectivity index (χ1) is 13.3. The van der Waals surface area contributed by atoms with Crippen LogP contribution in [0.1, 0.15) is 28.0 Å². The molecule has 134 valence electrons. The summed E-state index contributed by atoms with van der Waals surface area (Å²) in [5.74, 6) is -0.0515. The van der Waals surface area contributed by atoms with E-state index in [-0.39, 0.29) is 5.91 Å². The van der Waals surface area contributed by atoms with Gasteiger partial charge in [0.1, 0.15) is 5.69 Å². The molecule has 0 fully saturated rings. The predicted molar refractivity (Wildman–Crippen MR) is 113 cm³/mol. The van der Waals surface area contributed by atoms with Crippen molar-refractivity contribution in [2.45, 2.75) is 13.3 Å². The summed E-state index contributed by atoms with van der Waals surface area (Å²) in [4.78, 5) is 19.6. The van der Waals surface area contributed by atoms with Crippen molar-refractivity contribution in [2.24, 2.45) is 0 Å². The second kappa shape index (κ2) is 7.72. The number of carbonyl (C=O) groups is 1. The van der Waals surface area contributed by atoms with Crippen LogP contribution in [-0.2, 0) is 6.42 Å². The zero-order valence-electron chi connectivity index (χ0n) is 15.1. The maximum Gasteiger partial charge on any atom is 0.277 e. The lowest BCUT2D eigenvalue weighted by molar-refractivity contribution is 0.0984. The third-order valence-electron chi connectivity index (χ3n) is 4.59. The first kappa shape index (κ1) is 17.4. The number of rotatable bonds is 5. The van der Waals surface area contributed by atoms with E-state index in [1.807, 2.05) is 59.7 Å². The second-order valence-corrected chi connectivity index (χ2v) is 7.28. The van der Waals surface area contributed by atoms with Gasteiger partial charge >= 0.3 is 0 Å². The second-order valence-electron chi connectivity index (χ2n) is 6.34. The molecule has 0 saturated carbocycles. The summed E-state index contributed by atoms with van der Waals surface area (Å²) in [6, 6.07) is 24.4. The van der Waals surface area contributed by atoms with Crippen LogP contribution in [0.15, 0.2) is 78.2 Å². The number of benzene rings is 3. The van der Waals surface area contributed by atoms with Crippen molar-refractivity contribution in [2.75, 3.05) is 11.4 Å². The number of nitrogens with zero attached hydrogens (tertiary/aromatic N) is 2. The number of hydrogen-bond acceptors (Lipinski definition) is 3. The Balaban J connectivity index is 1.63. The van der Waals surface area contributed by atoms with Crippen molar-refractivity contribution in [1.29, 1.82) is 0 Å². The van der Waals surface area contributed by atoms with Crippen molar-refractivity contribution in [1.82, 2.24) is 4.98 Å². The maximum absolute atomic E-state index is 13.2. The van der Waals surface area contributed by atoms with Gasteiger partial charge in [0.15, 0.2) is 0 Å². The highest BCUT2D eigenvalue weighted by Gasteiger charge is 2.20. The van der Waals surface area contributed by atoms with Crippen molar-refractivity contribution >= 4 is 33.7 Å². The molecule has 0 aliphatic heterocycles. The molecule has 1 aromatic heterocycles. The lowest BCUT2D eigenvalue weighted by atomic mass is 10.1. The predicted octanol–water partition coefficient (Wildman–Crippen LogP) is 5.55. The van der Waals surface area contributed by atoms with Crippen LogP contribution in [0.25, 0.3) is 10.8 Å². The standard InChI is InChI=1S/C23H20N2OS/c1-2-25(21-14-8-12-18-11-6-7-13-19(18)21)23(26)20-16-27-22(24-20)15-17-9-4-3-5-10-17/h3-14,16H,2,15H2,1H3. The molecule has 0 aliphatic rings. The first-order valence-corrected chi connectivity index (χ1v) is 9.92. The number of anilines is 1. The molecule has 0 atom stereocenters. The van der Waals surface area contributed by atoms with Crippen molar-refractivity contribution in [3.8, 4) is 0 Å². The molecule has 1 heterocycles. The molecule has 1 amide bonds. The SMILES string of the molecule is CCN(C(=O)c1csc(Cc2ccccc2)n1)c1cccc2ccccc12. The molecule has 0 spiro atoms. The molecule has 4 rings (SSSR count). The summed E-state index contributed by atoms with van der Waals surface area (Å²) < 4.78 is 0. The summed E-state index contributed by atoms with van der Waals surface area (Å²) in [6.07, 6.45) is 0.749. The van der Waals surface area contributed by atoms with Gasteiger partial charge in [-0.1, -0.05) is 66.7 Å². The van der Waals surface area contributed by atoms with Crippen LogP contribution < -0.4 is 4.90 Å². The first-order valence-electron chi connectivity index (χ1n) is 9.04. The van der Waals surface area contributed by atoms with E-state index in [0.717, 1.165) is 27.9 Å². The molecule has 4 heteroatoms. The Morgan fingerprint density at radius 2 is 1.70 bits per heavy atom. The molecule has 4 aromatic rings. The number of aromatic nitrogens is 1. The van der Waals surface area contributed by atoms with Crippen LogP contribution >= 0.6 is 11.3 Å². The molecule has 0 saturated heterocycles. The van der Waals surface area contributed by atoms with Crippen LogP contribution in [0.5, 0.6) is 0 Å². The van der Waals surface area contributed by atoms with E-state index < -0.39 is 0 Å². The van der Waals surface area contributed by atoms with Gasteiger partial charge in [0.25, 0.3) is 5.91 Å². The molecule has 0 radical (unpaired) electrons. The summed E-state index contributed by atoms with van der Waals surface area (Å²) in [7, 11) is 0. The molecule has 0 aliphatic carbocycles. The Hall–Kier alpha value is -2.98. The van der Waals surface area contributed by atoms with E-state index in [4.69, 9.17) is 0 Å². The lowest BCUT2D eigenvalue weighted by Crippen LogP contribution is -2.31. The third kappa shape index (κ3) is 3.62. The van der Waals surface area contributed by atoms with E-state index in [9.17, 15) is 4.79 Å². The zero-order chi connectivity index (χ0) is 18.6. The van der Waals surface area contributed by atoms with Gasteiger partial charge in [-0.2, -0.15) is 0 Å². The number of carbonyl (C=O) groups excluding carboxylic acids is 1. The fourth-order valence-electron chi connectivity index (χ4n) is 3.27. The number of thiazole rings is 1. The summed E-state index contributed by atoms with van der Waals surface area (Å²) in [6.45, 7) is 2.59. The van der Waals surface area contributed by atoms with Crippen LogP contribution in [0.3, 0.4) is 0 Å². The topological polar surface area (TPSA) is 33.2 Å². The normalized spacial score (nSPS) is 10.9. The van der Waals surface area contributed by atoms with E-state index in [0.29, 0.717) is 12.2 Å². The van der Waals surface area contributed by atoms with Gasteiger partial charge in [0.2, 0.25) is 0 Å². The third-order valence-corrected chi connectivity index (χ3v) is 5.44. The molecule has 3 nitrogen and oxygen atoms in total. The minimum Gasteiger partial charge on any atom is -0.307 e. The smallest absolute Gasteiger partial charge is 0.277 e. The summed E-state index contributed by atoms with van der Waals surface area (Å²) >= 11 is 1.54. The fourth-order valence-corrected chi connectivity index (χ4v) is 4.07. The molecule has 3 aromatic carbocycles. The Morgan fingerprint density at radius 1 is 0.963 bits per heavy atom. The van der Waals surface area contributed by atoms with Gasteiger partial charge in [0, 0.05) is 23.7 Å². The number of amides is 1. The number of hydrogen-bond donors (Lipinski definition) is 0. The van der Waals surface area contributed by atoms with Gasteiger partial charge in [0.05, 0.1) is 10.7 Å². The van der Waals surface area contributed by atoms with E-state index in [2.05, 4.69) is 35.3 Å². The quantitative estimate of drug-likeness (QED) is 0.460. The van der Waals surface area contributed by atoms with Crippen LogP contribution in [0.2, 0.25) is 0 Å². The van der Waals surface area contributed by atoms with Gasteiger partial charge in [-0.3, -0.25) is 4.79 Å². The van der Waals surface area contributed by atoms with Crippen molar-refractivity contribution in [3.05, 3.63) is 94.4 Å².